The molecule has 0 unspecified atom stereocenters. The van der Waals surface area contributed by atoms with E-state index in [1.807, 2.05) is 23.6 Å². The highest BCUT2D eigenvalue weighted by Crippen LogP contribution is 2.24. The van der Waals surface area contributed by atoms with E-state index >= 15 is 0 Å². The first-order chi connectivity index (χ1) is 13.5. The van der Waals surface area contributed by atoms with Crippen LogP contribution in [0.5, 0.6) is 0 Å². The van der Waals surface area contributed by atoms with Crippen molar-refractivity contribution < 1.29 is 4.79 Å². The second-order valence-electron chi connectivity index (χ2n) is 7.44. The van der Waals surface area contributed by atoms with Gasteiger partial charge < -0.3 is 9.13 Å². The van der Waals surface area contributed by atoms with Gasteiger partial charge in [0.05, 0.1) is 5.75 Å². The zero-order valence-electron chi connectivity index (χ0n) is 17.2. The summed E-state index contributed by atoms with van der Waals surface area (Å²) in [4.78, 5) is 12.9. The van der Waals surface area contributed by atoms with Gasteiger partial charge in [-0.25, -0.2) is 0 Å². The molecule has 0 bridgehead atoms. The topological polar surface area (TPSA) is 52.7 Å². The molecule has 0 spiro atoms. The van der Waals surface area contributed by atoms with Crippen LogP contribution in [0.3, 0.4) is 0 Å². The minimum Gasteiger partial charge on any atom is -0.348 e. The number of Topliss-reactive ketones (excluding diaryl/α,β-unsaturated/α-hetero) is 1. The van der Waals surface area contributed by atoms with Crippen molar-refractivity contribution in [1.82, 2.24) is 19.3 Å². The summed E-state index contributed by atoms with van der Waals surface area (Å²) in [7, 11) is 0. The Hall–Kier alpha value is -2.08. The van der Waals surface area contributed by atoms with Gasteiger partial charge in [-0.05, 0) is 58.9 Å². The van der Waals surface area contributed by atoms with Crippen LogP contribution in [0.1, 0.15) is 59.7 Å². The van der Waals surface area contributed by atoms with E-state index in [0.29, 0.717) is 12.3 Å². The Kier molecular flexibility index (Phi) is 6.94. The maximum absolute atomic E-state index is 12.9. The fraction of sp³-hybridized carbons (Fsp3) is 0.500. The highest BCUT2D eigenvalue weighted by molar-refractivity contribution is 7.99. The van der Waals surface area contributed by atoms with E-state index in [1.54, 1.807) is 5.57 Å². The number of hydrogen-bond donors (Lipinski definition) is 0. The molecule has 0 aliphatic heterocycles. The second kappa shape index (κ2) is 9.41. The number of aromatic nitrogens is 4. The summed E-state index contributed by atoms with van der Waals surface area (Å²) in [6.07, 6.45) is 10.4. The average Bonchev–Trinajstić information content (AvgIpc) is 3.19. The molecule has 0 amide bonds. The second-order valence-corrected chi connectivity index (χ2v) is 8.38. The monoisotopic (exact) mass is 398 g/mol. The van der Waals surface area contributed by atoms with Crippen molar-refractivity contribution in [3.05, 3.63) is 53.1 Å². The minimum absolute atomic E-state index is 0.145. The van der Waals surface area contributed by atoms with Gasteiger partial charge in [-0.2, -0.15) is 0 Å². The lowest BCUT2D eigenvalue weighted by molar-refractivity contribution is 0.102. The number of aryl methyl sites for hydroxylation is 2. The number of hydrogen-bond acceptors (Lipinski definition) is 4. The molecule has 2 heterocycles. The van der Waals surface area contributed by atoms with Crippen molar-refractivity contribution in [3.8, 4) is 0 Å². The van der Waals surface area contributed by atoms with Crippen LogP contribution >= 0.6 is 11.8 Å². The van der Waals surface area contributed by atoms with Gasteiger partial charge in [0, 0.05) is 30.0 Å². The van der Waals surface area contributed by atoms with Crippen LogP contribution in [0.2, 0.25) is 0 Å². The molecule has 1 aliphatic carbocycles. The number of allylic oxidation sites excluding steroid dienone is 3. The maximum atomic E-state index is 12.9. The molecule has 0 radical (unpaired) electrons. The SMILES string of the molecule is C=CCn1c(C)nnc1SCC(=O)c1cc(C)n(CCC2=CCCCC2)c1C. The Balaban J connectivity index is 1.65. The van der Waals surface area contributed by atoms with Crippen molar-refractivity contribution in [1.29, 1.82) is 0 Å². The quantitative estimate of drug-likeness (QED) is 0.337. The zero-order chi connectivity index (χ0) is 20.1. The molecule has 5 nitrogen and oxygen atoms in total. The van der Waals surface area contributed by atoms with Crippen LogP contribution in [0, 0.1) is 20.8 Å². The van der Waals surface area contributed by atoms with Gasteiger partial charge in [-0.15, -0.1) is 16.8 Å². The molecule has 2 aromatic rings. The first-order valence-electron chi connectivity index (χ1n) is 10.0. The summed E-state index contributed by atoms with van der Waals surface area (Å²) in [6, 6.07) is 2.03. The largest absolute Gasteiger partial charge is 0.348 e. The lowest BCUT2D eigenvalue weighted by atomic mass is 9.97. The van der Waals surface area contributed by atoms with Crippen LogP contribution in [0.15, 0.2) is 35.5 Å². The number of carbonyl (C=O) groups is 1. The van der Waals surface area contributed by atoms with Gasteiger partial charge in [0.15, 0.2) is 10.9 Å². The lowest BCUT2D eigenvalue weighted by Gasteiger charge is -2.15. The molecule has 0 aromatic carbocycles. The van der Waals surface area contributed by atoms with Crippen LogP contribution in [-0.2, 0) is 13.1 Å². The maximum Gasteiger partial charge on any atom is 0.191 e. The predicted octanol–water partition coefficient (Wildman–Crippen LogP) is 5.06. The molecular formula is C22H30N4OS. The van der Waals surface area contributed by atoms with Crippen LogP contribution in [0.4, 0.5) is 0 Å². The summed E-state index contributed by atoms with van der Waals surface area (Å²) in [5.41, 5.74) is 4.63. The lowest BCUT2D eigenvalue weighted by Crippen LogP contribution is -2.09. The molecule has 6 heteroatoms. The van der Waals surface area contributed by atoms with Gasteiger partial charge >= 0.3 is 0 Å². The van der Waals surface area contributed by atoms with E-state index in [9.17, 15) is 4.79 Å². The van der Waals surface area contributed by atoms with Gasteiger partial charge in [-0.3, -0.25) is 4.79 Å². The third kappa shape index (κ3) is 4.66. The summed E-state index contributed by atoms with van der Waals surface area (Å²) >= 11 is 1.44. The molecule has 0 saturated heterocycles. The number of rotatable bonds is 9. The Bertz CT molecular complexity index is 891. The summed E-state index contributed by atoms with van der Waals surface area (Å²) in [6.45, 7) is 11.5. The first-order valence-corrected chi connectivity index (χ1v) is 11.0. The third-order valence-corrected chi connectivity index (χ3v) is 6.43. The highest BCUT2D eigenvalue weighted by Gasteiger charge is 2.18. The number of ketones is 1. The van der Waals surface area contributed by atoms with Crippen molar-refractivity contribution >= 4 is 17.5 Å². The van der Waals surface area contributed by atoms with E-state index < -0.39 is 0 Å². The normalized spacial score (nSPS) is 14.2. The minimum atomic E-state index is 0.145. The molecule has 0 fully saturated rings. The van der Waals surface area contributed by atoms with Gasteiger partial charge in [0.2, 0.25) is 0 Å². The van der Waals surface area contributed by atoms with Crippen molar-refractivity contribution in [2.24, 2.45) is 0 Å². The van der Waals surface area contributed by atoms with E-state index in [0.717, 1.165) is 40.9 Å². The number of thioether (sulfide) groups is 1. The van der Waals surface area contributed by atoms with Crippen LogP contribution in [-0.4, -0.2) is 30.9 Å². The van der Waals surface area contributed by atoms with Gasteiger partial charge in [-0.1, -0.05) is 29.5 Å². The molecule has 0 atom stereocenters. The highest BCUT2D eigenvalue weighted by atomic mass is 32.2. The first kappa shape index (κ1) is 20.6. The Morgan fingerprint density at radius 3 is 2.79 bits per heavy atom. The average molecular weight is 399 g/mol. The number of carbonyl (C=O) groups excluding carboxylic acids is 1. The van der Waals surface area contributed by atoms with E-state index in [-0.39, 0.29) is 5.78 Å². The molecule has 150 valence electrons. The Morgan fingerprint density at radius 2 is 2.07 bits per heavy atom. The van der Waals surface area contributed by atoms with Gasteiger partial charge in [0.25, 0.3) is 0 Å². The predicted molar refractivity (Wildman–Crippen MR) is 115 cm³/mol. The van der Waals surface area contributed by atoms with Crippen LogP contribution < -0.4 is 0 Å². The number of nitrogens with zero attached hydrogens (tertiary/aromatic N) is 4. The van der Waals surface area contributed by atoms with Crippen LogP contribution in [0.25, 0.3) is 0 Å². The molecule has 1 aliphatic rings. The summed E-state index contributed by atoms with van der Waals surface area (Å²) in [5, 5.41) is 9.07. The standard InChI is InChI=1S/C22H30N4OS/c1-5-12-26-18(4)23-24-22(26)28-15-21(27)20-14-16(2)25(17(20)3)13-11-19-9-7-6-8-10-19/h5,9,14H,1,6-8,10-13,15H2,2-4H3. The molecule has 28 heavy (non-hydrogen) atoms. The van der Waals surface area contributed by atoms with Crippen molar-refractivity contribution in [3.63, 3.8) is 0 Å². The van der Waals surface area contributed by atoms with Crippen molar-refractivity contribution in [2.75, 3.05) is 5.75 Å². The van der Waals surface area contributed by atoms with Gasteiger partial charge in [0.1, 0.15) is 5.82 Å². The molecule has 2 aromatic heterocycles. The smallest absolute Gasteiger partial charge is 0.191 e. The fourth-order valence-corrected chi connectivity index (χ4v) is 4.71. The molecule has 0 saturated carbocycles. The molecule has 0 N–H and O–H groups in total. The van der Waals surface area contributed by atoms with E-state index in [1.165, 1.54) is 37.4 Å². The molecular weight excluding hydrogens is 368 g/mol. The van der Waals surface area contributed by atoms with E-state index in [2.05, 4.69) is 41.3 Å². The molecule has 3 rings (SSSR count). The van der Waals surface area contributed by atoms with E-state index in [4.69, 9.17) is 0 Å². The third-order valence-electron chi connectivity index (χ3n) is 5.46. The Labute approximate surface area is 171 Å². The zero-order valence-corrected chi connectivity index (χ0v) is 18.0. The summed E-state index contributed by atoms with van der Waals surface area (Å²) in [5.74, 6) is 1.35. The summed E-state index contributed by atoms with van der Waals surface area (Å²) < 4.78 is 4.27. The Morgan fingerprint density at radius 1 is 1.25 bits per heavy atom. The van der Waals surface area contributed by atoms with Crippen molar-refractivity contribution in [2.45, 2.75) is 71.1 Å². The fourth-order valence-electron chi connectivity index (χ4n) is 3.83.